The molecule has 0 atom stereocenters. The zero-order valence-electron chi connectivity index (χ0n) is 16.2. The number of esters is 1. The number of rotatable bonds is 3. The second kappa shape index (κ2) is 5.95. The van der Waals surface area contributed by atoms with Crippen LogP contribution in [0.1, 0.15) is 33.5 Å². The fourth-order valence-corrected chi connectivity index (χ4v) is 2.92. The number of carbonyl (C=O) groups excluding carboxylic acids is 1. The maximum Gasteiger partial charge on any atom is 0.497 e. The number of hydrogen-bond donors (Lipinski definition) is 0. The molecule has 1 aliphatic heterocycles. The SMILES string of the molecule is COC(=O)Cn1cc(B2OC(C)(C)C(C)(C)O2)c2c(=O)n(C)c(C)nc21. The van der Waals surface area contributed by atoms with Gasteiger partial charge >= 0.3 is 13.1 Å². The third-order valence-electron chi connectivity index (χ3n) is 5.39. The fourth-order valence-electron chi connectivity index (χ4n) is 2.92. The molecular weight excluding hydrogens is 337 g/mol. The molecule has 8 nitrogen and oxygen atoms in total. The molecule has 0 amide bonds. The van der Waals surface area contributed by atoms with E-state index in [9.17, 15) is 9.59 Å². The van der Waals surface area contributed by atoms with Crippen molar-refractivity contribution in [3.8, 4) is 0 Å². The Morgan fingerprint density at radius 1 is 1.27 bits per heavy atom. The van der Waals surface area contributed by atoms with Crippen LogP contribution in [0.15, 0.2) is 11.0 Å². The van der Waals surface area contributed by atoms with Crippen LogP contribution >= 0.6 is 0 Å². The van der Waals surface area contributed by atoms with Crippen molar-refractivity contribution in [2.24, 2.45) is 7.05 Å². The summed E-state index contributed by atoms with van der Waals surface area (Å²) in [5.41, 5.74) is -0.313. The predicted octanol–water partition coefficient (Wildman–Crippen LogP) is 0.516. The van der Waals surface area contributed by atoms with E-state index in [1.54, 1.807) is 24.7 Å². The summed E-state index contributed by atoms with van der Waals surface area (Å²) in [5.74, 6) is 0.120. The molecule has 1 fully saturated rings. The van der Waals surface area contributed by atoms with Crippen molar-refractivity contribution < 1.29 is 18.8 Å². The number of carbonyl (C=O) groups is 1. The zero-order valence-corrected chi connectivity index (χ0v) is 16.2. The minimum Gasteiger partial charge on any atom is -0.468 e. The predicted molar refractivity (Wildman–Crippen MR) is 97.4 cm³/mol. The van der Waals surface area contributed by atoms with Crippen LogP contribution in [0.2, 0.25) is 0 Å². The Kier molecular flexibility index (Phi) is 4.27. The van der Waals surface area contributed by atoms with Crippen molar-refractivity contribution in [3.05, 3.63) is 22.4 Å². The number of aryl methyl sites for hydroxylation is 1. The molecule has 3 rings (SSSR count). The average molecular weight is 361 g/mol. The van der Waals surface area contributed by atoms with Crippen molar-refractivity contribution in [2.45, 2.75) is 52.4 Å². The molecule has 2 aromatic heterocycles. The molecule has 1 saturated heterocycles. The number of aromatic nitrogens is 3. The highest BCUT2D eigenvalue weighted by Crippen LogP contribution is 2.36. The highest BCUT2D eigenvalue weighted by molar-refractivity contribution is 6.65. The smallest absolute Gasteiger partial charge is 0.468 e. The van der Waals surface area contributed by atoms with Crippen LogP contribution in [0, 0.1) is 6.92 Å². The number of fused-ring (bicyclic) bond motifs is 1. The summed E-state index contributed by atoms with van der Waals surface area (Å²) < 4.78 is 20.0. The van der Waals surface area contributed by atoms with Crippen molar-refractivity contribution in [1.82, 2.24) is 14.1 Å². The van der Waals surface area contributed by atoms with E-state index in [1.165, 1.54) is 11.7 Å². The molecule has 140 valence electrons. The Balaban J connectivity index is 2.22. The molecule has 26 heavy (non-hydrogen) atoms. The van der Waals surface area contributed by atoms with E-state index in [4.69, 9.17) is 14.0 Å². The van der Waals surface area contributed by atoms with Gasteiger partial charge in [0.1, 0.15) is 18.0 Å². The standard InChI is InChI=1S/C17H24BN3O5/c1-10-19-14-13(15(23)20(10)6)11(8-21(14)9-12(22)24-7)18-25-16(2,3)17(4,5)26-18/h8H,9H2,1-7H3. The first-order chi connectivity index (χ1) is 12.0. The van der Waals surface area contributed by atoms with Gasteiger partial charge in [0.15, 0.2) is 0 Å². The van der Waals surface area contributed by atoms with E-state index < -0.39 is 24.3 Å². The maximum atomic E-state index is 12.9. The molecule has 0 bridgehead atoms. The Morgan fingerprint density at radius 3 is 2.38 bits per heavy atom. The van der Waals surface area contributed by atoms with Gasteiger partial charge in [0.25, 0.3) is 5.56 Å². The van der Waals surface area contributed by atoms with Gasteiger partial charge in [-0.05, 0) is 34.6 Å². The first-order valence-corrected chi connectivity index (χ1v) is 8.47. The number of ether oxygens (including phenoxy) is 1. The monoisotopic (exact) mass is 361 g/mol. The number of nitrogens with zero attached hydrogens (tertiary/aromatic N) is 3. The molecule has 1 aliphatic rings. The summed E-state index contributed by atoms with van der Waals surface area (Å²) >= 11 is 0. The van der Waals surface area contributed by atoms with Crippen molar-refractivity contribution in [2.75, 3.05) is 7.11 Å². The van der Waals surface area contributed by atoms with Gasteiger partial charge < -0.3 is 18.6 Å². The molecule has 3 heterocycles. The van der Waals surface area contributed by atoms with E-state index in [-0.39, 0.29) is 12.1 Å². The van der Waals surface area contributed by atoms with E-state index in [1.807, 2.05) is 27.7 Å². The van der Waals surface area contributed by atoms with Gasteiger partial charge in [0.05, 0.1) is 23.7 Å². The molecule has 0 spiro atoms. The van der Waals surface area contributed by atoms with E-state index in [2.05, 4.69) is 4.98 Å². The van der Waals surface area contributed by atoms with Gasteiger partial charge in [-0.15, -0.1) is 0 Å². The number of methoxy groups -OCH3 is 1. The van der Waals surface area contributed by atoms with Gasteiger partial charge in [0, 0.05) is 18.7 Å². The van der Waals surface area contributed by atoms with E-state index in [0.29, 0.717) is 22.3 Å². The molecule has 0 unspecified atom stereocenters. The van der Waals surface area contributed by atoms with Crippen molar-refractivity contribution in [1.29, 1.82) is 0 Å². The highest BCUT2D eigenvalue weighted by Gasteiger charge is 2.52. The van der Waals surface area contributed by atoms with Gasteiger partial charge in [-0.25, -0.2) is 4.98 Å². The molecular formula is C17H24BN3O5. The summed E-state index contributed by atoms with van der Waals surface area (Å²) in [7, 11) is 2.26. The number of hydrogen-bond acceptors (Lipinski definition) is 6. The van der Waals surface area contributed by atoms with Crippen LogP contribution in [0.25, 0.3) is 11.0 Å². The zero-order chi connectivity index (χ0) is 19.4. The Bertz CT molecular complexity index is 928. The van der Waals surface area contributed by atoms with Gasteiger partial charge in [-0.2, -0.15) is 0 Å². The molecule has 0 saturated carbocycles. The van der Waals surface area contributed by atoms with Crippen LogP contribution in [0.3, 0.4) is 0 Å². The summed E-state index contributed by atoms with van der Waals surface area (Å²) in [5, 5.41) is 0.389. The van der Waals surface area contributed by atoms with Crippen molar-refractivity contribution in [3.63, 3.8) is 0 Å². The van der Waals surface area contributed by atoms with Gasteiger partial charge in [0.2, 0.25) is 0 Å². The van der Waals surface area contributed by atoms with Gasteiger partial charge in [-0.3, -0.25) is 14.2 Å². The van der Waals surface area contributed by atoms with Crippen LogP contribution in [-0.4, -0.2) is 45.5 Å². The molecule has 0 aliphatic carbocycles. The lowest BCUT2D eigenvalue weighted by Crippen LogP contribution is -2.41. The van der Waals surface area contributed by atoms with E-state index >= 15 is 0 Å². The molecule has 0 radical (unpaired) electrons. The van der Waals surface area contributed by atoms with Crippen LogP contribution < -0.4 is 11.0 Å². The quantitative estimate of drug-likeness (QED) is 0.585. The molecule has 0 aromatic carbocycles. The summed E-state index contributed by atoms with van der Waals surface area (Å²) in [6.45, 7) is 9.47. The van der Waals surface area contributed by atoms with Crippen LogP contribution in [0.4, 0.5) is 0 Å². The molecule has 0 N–H and O–H groups in total. The first kappa shape index (κ1) is 18.7. The Hall–Kier alpha value is -2.13. The maximum absolute atomic E-state index is 12.9. The summed E-state index contributed by atoms with van der Waals surface area (Å²) in [6, 6.07) is 0. The second-order valence-electron chi connectivity index (χ2n) is 7.60. The van der Waals surface area contributed by atoms with Crippen LogP contribution in [0.5, 0.6) is 0 Å². The lowest BCUT2D eigenvalue weighted by atomic mass is 9.79. The summed E-state index contributed by atoms with van der Waals surface area (Å²) in [4.78, 5) is 29.2. The summed E-state index contributed by atoms with van der Waals surface area (Å²) in [6.07, 6.45) is 1.69. The minimum atomic E-state index is -0.724. The second-order valence-corrected chi connectivity index (χ2v) is 7.60. The Labute approximate surface area is 152 Å². The van der Waals surface area contributed by atoms with Crippen LogP contribution in [-0.2, 0) is 32.4 Å². The fraction of sp³-hybridized carbons (Fsp3) is 0.588. The Morgan fingerprint density at radius 2 is 1.85 bits per heavy atom. The molecule has 9 heteroatoms. The van der Waals surface area contributed by atoms with Crippen molar-refractivity contribution >= 4 is 29.6 Å². The largest absolute Gasteiger partial charge is 0.497 e. The first-order valence-electron chi connectivity index (χ1n) is 8.47. The lowest BCUT2D eigenvalue weighted by Gasteiger charge is -2.32. The lowest BCUT2D eigenvalue weighted by molar-refractivity contribution is -0.141. The van der Waals surface area contributed by atoms with E-state index in [0.717, 1.165) is 0 Å². The molecule has 2 aromatic rings. The average Bonchev–Trinajstić information content (AvgIpc) is 2.99. The van der Waals surface area contributed by atoms with Gasteiger partial charge in [-0.1, -0.05) is 0 Å². The normalized spacial score (nSPS) is 18.5. The minimum absolute atomic E-state index is 0.0495. The third-order valence-corrected chi connectivity index (χ3v) is 5.39. The topological polar surface area (TPSA) is 84.6 Å². The third kappa shape index (κ3) is 2.75. The highest BCUT2D eigenvalue weighted by atomic mass is 16.7.